The average molecular weight is 264 g/mol. The largest absolute Gasteiger partial charge is 0.275 e. The molecule has 102 valence electrons. The van der Waals surface area contributed by atoms with Crippen molar-refractivity contribution in [2.45, 2.75) is 40.5 Å². The van der Waals surface area contributed by atoms with Gasteiger partial charge in [-0.1, -0.05) is 27.7 Å². The predicted molar refractivity (Wildman–Crippen MR) is 68.6 cm³/mol. The van der Waals surface area contributed by atoms with Gasteiger partial charge in [0, 0.05) is 13.0 Å². The van der Waals surface area contributed by atoms with E-state index in [0.29, 0.717) is 18.9 Å². The summed E-state index contributed by atoms with van der Waals surface area (Å²) < 4.78 is 23.9. The number of rotatable bonds is 7. The molecule has 0 rings (SSSR count). The molecule has 0 unspecified atom stereocenters. The molecule has 0 bridgehead atoms. The Bertz CT molecular complexity index is 337. The van der Waals surface area contributed by atoms with Crippen LogP contribution in [0.15, 0.2) is 0 Å². The van der Waals surface area contributed by atoms with E-state index in [4.69, 9.17) is 0 Å². The van der Waals surface area contributed by atoms with E-state index in [2.05, 4.69) is 5.43 Å². The topological polar surface area (TPSA) is 66.5 Å². The molecule has 0 aliphatic carbocycles. The Labute approximate surface area is 105 Å². The van der Waals surface area contributed by atoms with Crippen LogP contribution in [0.3, 0.4) is 0 Å². The number of carbonyl (C=O) groups is 1. The lowest BCUT2D eigenvalue weighted by Gasteiger charge is -2.22. The van der Waals surface area contributed by atoms with Crippen LogP contribution in [0.25, 0.3) is 0 Å². The maximum absolute atomic E-state index is 11.6. The lowest BCUT2D eigenvalue weighted by molar-refractivity contribution is -0.124. The number of hydrogen-bond donors (Lipinski definition) is 1. The zero-order chi connectivity index (χ0) is 13.6. The standard InChI is InChI=1S/C11H24N2O3S/c1-9(2)6-7-11(14)12-13(8-10(3)4)17(5,15)16/h9-10H,6-8H2,1-5H3,(H,12,14). The second kappa shape index (κ2) is 6.96. The average Bonchev–Trinajstić information content (AvgIpc) is 2.11. The minimum absolute atomic E-state index is 0.162. The molecule has 0 aromatic rings. The van der Waals surface area contributed by atoms with Crippen molar-refractivity contribution in [3.63, 3.8) is 0 Å². The molecule has 5 nitrogen and oxygen atoms in total. The van der Waals surface area contributed by atoms with E-state index in [1.165, 1.54) is 0 Å². The van der Waals surface area contributed by atoms with Gasteiger partial charge in [-0.3, -0.25) is 10.2 Å². The number of nitrogens with one attached hydrogen (secondary N) is 1. The van der Waals surface area contributed by atoms with Gasteiger partial charge in [0.2, 0.25) is 15.9 Å². The van der Waals surface area contributed by atoms with E-state index >= 15 is 0 Å². The van der Waals surface area contributed by atoms with E-state index in [-0.39, 0.29) is 11.8 Å². The van der Waals surface area contributed by atoms with Gasteiger partial charge in [0.25, 0.3) is 0 Å². The van der Waals surface area contributed by atoms with Gasteiger partial charge in [-0.15, -0.1) is 4.41 Å². The van der Waals surface area contributed by atoms with Crippen LogP contribution in [0.2, 0.25) is 0 Å². The summed E-state index contributed by atoms with van der Waals surface area (Å²) in [6.07, 6.45) is 2.20. The summed E-state index contributed by atoms with van der Waals surface area (Å²) in [5.41, 5.74) is 2.45. The molecule has 0 saturated heterocycles. The molecule has 0 aliphatic heterocycles. The van der Waals surface area contributed by atoms with Gasteiger partial charge in [-0.2, -0.15) is 0 Å². The molecule has 0 fully saturated rings. The van der Waals surface area contributed by atoms with Crippen LogP contribution in [0.1, 0.15) is 40.5 Å². The van der Waals surface area contributed by atoms with Crippen molar-refractivity contribution in [2.24, 2.45) is 11.8 Å². The highest BCUT2D eigenvalue weighted by molar-refractivity contribution is 7.88. The lowest BCUT2D eigenvalue weighted by atomic mass is 10.1. The Hall–Kier alpha value is -0.620. The minimum Gasteiger partial charge on any atom is -0.275 e. The first-order valence-corrected chi connectivity index (χ1v) is 7.75. The molecule has 0 aliphatic rings. The number of hydrogen-bond acceptors (Lipinski definition) is 3. The Morgan fingerprint density at radius 2 is 1.71 bits per heavy atom. The molecule has 0 aromatic heterocycles. The third-order valence-electron chi connectivity index (χ3n) is 2.13. The fraction of sp³-hybridized carbons (Fsp3) is 0.909. The van der Waals surface area contributed by atoms with Crippen molar-refractivity contribution in [3.05, 3.63) is 0 Å². The fourth-order valence-electron chi connectivity index (χ4n) is 1.21. The number of nitrogens with zero attached hydrogens (tertiary/aromatic N) is 1. The van der Waals surface area contributed by atoms with Crippen LogP contribution in [-0.2, 0) is 14.8 Å². The van der Waals surface area contributed by atoms with E-state index < -0.39 is 10.0 Å². The molecule has 0 radical (unpaired) electrons. The van der Waals surface area contributed by atoms with Gasteiger partial charge in [0.15, 0.2) is 0 Å². The van der Waals surface area contributed by atoms with E-state index in [1.807, 2.05) is 27.7 Å². The predicted octanol–water partition coefficient (Wildman–Crippen LogP) is 1.37. The van der Waals surface area contributed by atoms with Gasteiger partial charge >= 0.3 is 0 Å². The number of hydrazine groups is 1. The highest BCUT2D eigenvalue weighted by Gasteiger charge is 2.20. The zero-order valence-corrected chi connectivity index (χ0v) is 12.2. The van der Waals surface area contributed by atoms with E-state index in [1.54, 1.807) is 0 Å². The molecule has 1 amide bonds. The quantitative estimate of drug-likeness (QED) is 0.706. The van der Waals surface area contributed by atoms with Gasteiger partial charge in [0.05, 0.1) is 6.26 Å². The third kappa shape index (κ3) is 8.15. The van der Waals surface area contributed by atoms with Gasteiger partial charge in [-0.25, -0.2) is 8.42 Å². The molecule has 17 heavy (non-hydrogen) atoms. The summed E-state index contributed by atoms with van der Waals surface area (Å²) in [6.45, 7) is 8.15. The second-order valence-electron chi connectivity index (χ2n) is 5.16. The Morgan fingerprint density at radius 3 is 2.06 bits per heavy atom. The van der Waals surface area contributed by atoms with Crippen LogP contribution in [-0.4, -0.2) is 31.5 Å². The van der Waals surface area contributed by atoms with Crippen LogP contribution in [0.5, 0.6) is 0 Å². The maximum Gasteiger partial charge on any atom is 0.235 e. The first-order chi connectivity index (χ1) is 7.62. The SMILES string of the molecule is CC(C)CCC(=O)NN(CC(C)C)S(C)(=O)=O. The Morgan fingerprint density at radius 1 is 1.18 bits per heavy atom. The van der Waals surface area contributed by atoms with Crippen molar-refractivity contribution in [3.8, 4) is 0 Å². The van der Waals surface area contributed by atoms with Crippen LogP contribution in [0.4, 0.5) is 0 Å². The number of amides is 1. The van der Waals surface area contributed by atoms with Gasteiger partial charge < -0.3 is 0 Å². The monoisotopic (exact) mass is 264 g/mol. The summed E-state index contributed by atoms with van der Waals surface area (Å²) in [7, 11) is -3.39. The van der Waals surface area contributed by atoms with Crippen LogP contribution < -0.4 is 5.43 Å². The third-order valence-corrected chi connectivity index (χ3v) is 3.17. The molecule has 0 aromatic carbocycles. The van der Waals surface area contributed by atoms with Crippen LogP contribution in [0, 0.1) is 11.8 Å². The van der Waals surface area contributed by atoms with Crippen molar-refractivity contribution in [1.82, 2.24) is 9.84 Å². The first kappa shape index (κ1) is 16.4. The zero-order valence-electron chi connectivity index (χ0n) is 11.4. The molecular formula is C11H24N2O3S. The van der Waals surface area contributed by atoms with Crippen molar-refractivity contribution in [2.75, 3.05) is 12.8 Å². The molecule has 1 N–H and O–H groups in total. The summed E-state index contributed by atoms with van der Waals surface area (Å²) in [5.74, 6) is 0.345. The van der Waals surface area contributed by atoms with Crippen LogP contribution >= 0.6 is 0 Å². The highest BCUT2D eigenvalue weighted by atomic mass is 32.2. The summed E-state index contributed by atoms with van der Waals surface area (Å²) in [6, 6.07) is 0. The summed E-state index contributed by atoms with van der Waals surface area (Å²) in [5, 5.41) is 0. The number of carbonyl (C=O) groups excluding carboxylic acids is 1. The molecule has 0 atom stereocenters. The molecule has 6 heteroatoms. The molecular weight excluding hydrogens is 240 g/mol. The normalized spacial score (nSPS) is 12.5. The van der Waals surface area contributed by atoms with E-state index in [9.17, 15) is 13.2 Å². The molecule has 0 heterocycles. The van der Waals surface area contributed by atoms with Crippen molar-refractivity contribution < 1.29 is 13.2 Å². The van der Waals surface area contributed by atoms with Gasteiger partial charge in [0.1, 0.15) is 0 Å². The van der Waals surface area contributed by atoms with Gasteiger partial charge in [-0.05, 0) is 18.3 Å². The second-order valence-corrected chi connectivity index (χ2v) is 7.06. The summed E-state index contributed by atoms with van der Waals surface area (Å²) in [4.78, 5) is 11.6. The summed E-state index contributed by atoms with van der Waals surface area (Å²) >= 11 is 0. The van der Waals surface area contributed by atoms with E-state index in [0.717, 1.165) is 17.1 Å². The molecule has 0 saturated carbocycles. The lowest BCUT2D eigenvalue weighted by Crippen LogP contribution is -2.47. The Balaban J connectivity index is 4.39. The fourth-order valence-corrected chi connectivity index (χ4v) is 2.05. The van der Waals surface area contributed by atoms with Crippen molar-refractivity contribution >= 4 is 15.9 Å². The minimum atomic E-state index is -3.39. The molecule has 0 spiro atoms. The smallest absolute Gasteiger partial charge is 0.235 e. The Kier molecular flexibility index (Phi) is 6.70. The first-order valence-electron chi connectivity index (χ1n) is 5.90. The highest BCUT2D eigenvalue weighted by Crippen LogP contribution is 2.05. The maximum atomic E-state index is 11.6. The van der Waals surface area contributed by atoms with Crippen molar-refractivity contribution in [1.29, 1.82) is 0 Å². The number of sulfonamides is 1.